The van der Waals surface area contributed by atoms with Crippen molar-refractivity contribution in [3.05, 3.63) is 82.2 Å². The van der Waals surface area contributed by atoms with Gasteiger partial charge in [0.15, 0.2) is 0 Å². The zero-order chi connectivity index (χ0) is 19.8. The Morgan fingerprint density at radius 3 is 2.69 bits per heavy atom. The van der Waals surface area contributed by atoms with Crippen molar-refractivity contribution in [1.29, 1.82) is 0 Å². The molecule has 29 heavy (non-hydrogen) atoms. The molecular weight excluding hydrogens is 371 g/mol. The number of aromatic amines is 1. The second-order valence-corrected chi connectivity index (χ2v) is 7.71. The Hall–Kier alpha value is -2.90. The molecule has 0 radical (unpaired) electrons. The Morgan fingerprint density at radius 2 is 1.90 bits per heavy atom. The molecule has 0 amide bonds. The number of nitrogens with one attached hydrogen (secondary N) is 2. The maximum absolute atomic E-state index is 13.4. The minimum Gasteiger partial charge on any atom is -0.305 e. The highest BCUT2D eigenvalue weighted by molar-refractivity contribution is 5.75. The average Bonchev–Trinajstić information content (AvgIpc) is 3.33. The molecule has 2 aliphatic rings. The minimum absolute atomic E-state index is 0.0612. The zero-order valence-electron chi connectivity index (χ0n) is 16.0. The highest BCUT2D eigenvalue weighted by Gasteiger charge is 2.26. The van der Waals surface area contributed by atoms with Crippen LogP contribution in [0.2, 0.25) is 0 Å². The van der Waals surface area contributed by atoms with Crippen LogP contribution in [-0.2, 0) is 4.84 Å². The van der Waals surface area contributed by atoms with E-state index in [4.69, 9.17) is 4.84 Å². The highest BCUT2D eigenvalue weighted by Crippen LogP contribution is 2.27. The van der Waals surface area contributed by atoms with Gasteiger partial charge in [-0.05, 0) is 42.7 Å². The van der Waals surface area contributed by atoms with Crippen LogP contribution in [0.3, 0.4) is 0 Å². The van der Waals surface area contributed by atoms with Crippen LogP contribution in [0.1, 0.15) is 30.6 Å². The van der Waals surface area contributed by atoms with Gasteiger partial charge in [0.25, 0.3) is 0 Å². The maximum atomic E-state index is 13.4. The number of piperidine rings is 1. The third-order valence-electron chi connectivity index (χ3n) is 5.79. The van der Waals surface area contributed by atoms with E-state index in [2.05, 4.69) is 33.6 Å². The van der Waals surface area contributed by atoms with E-state index in [0.717, 1.165) is 49.3 Å². The molecule has 6 nitrogen and oxygen atoms in total. The van der Waals surface area contributed by atoms with Gasteiger partial charge in [-0.15, -0.1) is 0 Å². The molecule has 2 N–H and O–H groups in total. The molecule has 1 unspecified atom stereocenters. The Labute approximate surface area is 167 Å². The van der Waals surface area contributed by atoms with E-state index in [0.29, 0.717) is 5.52 Å². The quantitative estimate of drug-likeness (QED) is 0.713. The molecule has 0 spiro atoms. The summed E-state index contributed by atoms with van der Waals surface area (Å²) in [5.41, 5.74) is 6.41. The molecule has 150 valence electrons. The third-order valence-corrected chi connectivity index (χ3v) is 5.79. The third kappa shape index (κ3) is 3.59. The van der Waals surface area contributed by atoms with Crippen LogP contribution in [0.15, 0.2) is 65.1 Å². The number of imidazole rings is 1. The van der Waals surface area contributed by atoms with Crippen molar-refractivity contribution in [2.45, 2.75) is 25.0 Å². The summed E-state index contributed by atoms with van der Waals surface area (Å²) in [5, 5.41) is 0. The number of benzene rings is 2. The molecule has 3 aromatic rings. The van der Waals surface area contributed by atoms with E-state index >= 15 is 0 Å². The molecular formula is C22H23FN4O2. The summed E-state index contributed by atoms with van der Waals surface area (Å²) >= 11 is 0. The maximum Gasteiger partial charge on any atom is 0.326 e. The van der Waals surface area contributed by atoms with Gasteiger partial charge >= 0.3 is 5.69 Å². The lowest BCUT2D eigenvalue weighted by molar-refractivity contribution is 0.0381. The van der Waals surface area contributed by atoms with Gasteiger partial charge < -0.3 is 4.98 Å². The summed E-state index contributed by atoms with van der Waals surface area (Å²) in [6.07, 6.45) is 3.81. The number of H-pyrrole nitrogens is 1. The molecule has 2 aromatic carbocycles. The number of hydroxylamine groups is 1. The normalized spacial score (nSPS) is 20.7. The van der Waals surface area contributed by atoms with Crippen LogP contribution in [0, 0.1) is 5.82 Å². The Balaban J connectivity index is 1.24. The van der Waals surface area contributed by atoms with Gasteiger partial charge in [0.1, 0.15) is 11.9 Å². The Bertz CT molecular complexity index is 1100. The summed E-state index contributed by atoms with van der Waals surface area (Å²) in [6.45, 7) is 2.57. The van der Waals surface area contributed by atoms with Crippen LogP contribution in [0.5, 0.6) is 0 Å². The fraction of sp³-hybridized carbons (Fsp3) is 0.318. The summed E-state index contributed by atoms with van der Waals surface area (Å²) in [5.74, 6) is -0.339. The first kappa shape index (κ1) is 18.1. The van der Waals surface area contributed by atoms with Gasteiger partial charge in [-0.3, -0.25) is 19.8 Å². The largest absolute Gasteiger partial charge is 0.326 e. The standard InChI is InChI=1S/C22H23FN4O2/c23-16-6-7-20-19(12-16)24-22(28)27(20)18-8-10-26(11-9-18)14-17-13-21(29-25-17)15-4-2-1-3-5-15/h1-7,12-13,18,21,25H,8-11,14H2,(H,24,28). The van der Waals surface area contributed by atoms with E-state index in [1.165, 1.54) is 12.1 Å². The monoisotopic (exact) mass is 394 g/mol. The summed E-state index contributed by atoms with van der Waals surface area (Å²) in [7, 11) is 0. The molecule has 1 saturated heterocycles. The summed E-state index contributed by atoms with van der Waals surface area (Å²) in [6, 6.07) is 14.7. The average molecular weight is 394 g/mol. The fourth-order valence-electron chi connectivity index (χ4n) is 4.32. The van der Waals surface area contributed by atoms with E-state index in [1.54, 1.807) is 10.6 Å². The Kier molecular flexibility index (Phi) is 4.69. The van der Waals surface area contributed by atoms with Gasteiger partial charge in [0, 0.05) is 25.7 Å². The van der Waals surface area contributed by atoms with Crippen molar-refractivity contribution in [1.82, 2.24) is 19.9 Å². The molecule has 0 bridgehead atoms. The number of hydrogen-bond donors (Lipinski definition) is 2. The minimum atomic E-state index is -0.339. The number of rotatable bonds is 4. The van der Waals surface area contributed by atoms with E-state index in [9.17, 15) is 9.18 Å². The molecule has 0 saturated carbocycles. The molecule has 7 heteroatoms. The summed E-state index contributed by atoms with van der Waals surface area (Å²) in [4.78, 5) is 23.3. The predicted octanol–water partition coefficient (Wildman–Crippen LogP) is 3.27. The van der Waals surface area contributed by atoms with Crippen molar-refractivity contribution >= 4 is 11.0 Å². The van der Waals surface area contributed by atoms with Crippen LogP contribution in [0.4, 0.5) is 4.39 Å². The van der Waals surface area contributed by atoms with Crippen LogP contribution < -0.4 is 11.2 Å². The van der Waals surface area contributed by atoms with Crippen molar-refractivity contribution in [3.8, 4) is 0 Å². The van der Waals surface area contributed by atoms with Gasteiger partial charge in [-0.1, -0.05) is 30.3 Å². The van der Waals surface area contributed by atoms with Crippen LogP contribution in [0.25, 0.3) is 11.0 Å². The van der Waals surface area contributed by atoms with E-state index in [1.807, 2.05) is 18.2 Å². The van der Waals surface area contributed by atoms with Crippen LogP contribution >= 0.6 is 0 Å². The second-order valence-electron chi connectivity index (χ2n) is 7.71. The van der Waals surface area contributed by atoms with Gasteiger partial charge in [-0.25, -0.2) is 9.18 Å². The van der Waals surface area contributed by atoms with Gasteiger partial charge in [-0.2, -0.15) is 0 Å². The number of nitrogens with zero attached hydrogens (tertiary/aromatic N) is 2. The number of halogens is 1. The predicted molar refractivity (Wildman–Crippen MR) is 109 cm³/mol. The van der Waals surface area contributed by atoms with Crippen molar-refractivity contribution in [2.24, 2.45) is 0 Å². The second kappa shape index (κ2) is 7.50. The molecule has 5 rings (SSSR count). The topological polar surface area (TPSA) is 62.3 Å². The zero-order valence-corrected chi connectivity index (χ0v) is 16.0. The molecule has 3 heterocycles. The lowest BCUT2D eigenvalue weighted by atomic mass is 10.0. The van der Waals surface area contributed by atoms with Gasteiger partial charge in [0.05, 0.1) is 16.7 Å². The smallest absolute Gasteiger partial charge is 0.305 e. The molecule has 1 fully saturated rings. The van der Waals surface area contributed by atoms with Gasteiger partial charge in [0.2, 0.25) is 0 Å². The van der Waals surface area contributed by atoms with E-state index < -0.39 is 0 Å². The highest BCUT2D eigenvalue weighted by atomic mass is 19.1. The number of likely N-dealkylation sites (tertiary alicyclic amines) is 1. The number of hydrogen-bond acceptors (Lipinski definition) is 4. The lowest BCUT2D eigenvalue weighted by Crippen LogP contribution is -2.38. The van der Waals surface area contributed by atoms with Crippen molar-refractivity contribution in [2.75, 3.05) is 19.6 Å². The van der Waals surface area contributed by atoms with Crippen LogP contribution in [-0.4, -0.2) is 34.1 Å². The van der Waals surface area contributed by atoms with E-state index in [-0.39, 0.29) is 23.7 Å². The number of fused-ring (bicyclic) bond motifs is 1. The first-order valence-electron chi connectivity index (χ1n) is 9.97. The Morgan fingerprint density at radius 1 is 1.10 bits per heavy atom. The lowest BCUT2D eigenvalue weighted by Gasteiger charge is -2.32. The SMILES string of the molecule is O=c1[nH]c2cc(F)ccc2n1C1CCN(CC2=CC(c3ccccc3)ON2)CC1. The molecule has 0 aliphatic carbocycles. The summed E-state index contributed by atoms with van der Waals surface area (Å²) < 4.78 is 15.2. The fourth-order valence-corrected chi connectivity index (χ4v) is 4.32. The van der Waals surface area contributed by atoms with Crippen molar-refractivity contribution < 1.29 is 9.23 Å². The number of aromatic nitrogens is 2. The first-order chi connectivity index (χ1) is 14.2. The molecule has 1 aromatic heterocycles. The first-order valence-corrected chi connectivity index (χ1v) is 9.97. The van der Waals surface area contributed by atoms with Crippen molar-refractivity contribution in [3.63, 3.8) is 0 Å². The molecule has 1 atom stereocenters. The molecule has 2 aliphatic heterocycles.